The molecule has 0 bridgehead atoms. The molecule has 2 atom stereocenters. The Morgan fingerprint density at radius 3 is 2.79 bits per heavy atom. The number of nitrogens with zero attached hydrogens (tertiary/aromatic N) is 1. The highest BCUT2D eigenvalue weighted by molar-refractivity contribution is 5.95. The van der Waals surface area contributed by atoms with Crippen LogP contribution < -0.4 is 5.73 Å². The van der Waals surface area contributed by atoms with Gasteiger partial charge in [0.1, 0.15) is 0 Å². The Morgan fingerprint density at radius 1 is 1.42 bits per heavy atom. The number of benzene rings is 1. The lowest BCUT2D eigenvalue weighted by molar-refractivity contribution is -0.0626. The Hall–Kier alpha value is -1.39. The van der Waals surface area contributed by atoms with Gasteiger partial charge in [0.15, 0.2) is 0 Å². The van der Waals surface area contributed by atoms with Crippen molar-refractivity contribution in [3.05, 3.63) is 34.9 Å². The molecule has 104 valence electrons. The molecule has 1 amide bonds. The highest BCUT2D eigenvalue weighted by Crippen LogP contribution is 2.17. The normalized spacial score (nSPS) is 23.5. The van der Waals surface area contributed by atoms with E-state index in [1.165, 1.54) is 5.56 Å². The molecule has 19 heavy (non-hydrogen) atoms. The topological polar surface area (TPSA) is 55.6 Å². The second kappa shape index (κ2) is 5.72. The second-order valence-corrected chi connectivity index (χ2v) is 5.33. The third kappa shape index (κ3) is 3.14. The minimum Gasteiger partial charge on any atom is -0.370 e. The number of ether oxygens (including phenoxy) is 1. The molecular weight excluding hydrogens is 240 g/mol. The second-order valence-electron chi connectivity index (χ2n) is 5.33. The van der Waals surface area contributed by atoms with Gasteiger partial charge >= 0.3 is 0 Å². The molecular formula is C15H22N2O2. The van der Waals surface area contributed by atoms with Crippen LogP contribution in [-0.4, -0.2) is 42.6 Å². The number of carbonyl (C=O) groups is 1. The summed E-state index contributed by atoms with van der Waals surface area (Å²) in [5.74, 6) is 0.0751. The van der Waals surface area contributed by atoms with Gasteiger partial charge in [-0.1, -0.05) is 17.7 Å². The summed E-state index contributed by atoms with van der Waals surface area (Å²) in [5, 5.41) is 0. The van der Waals surface area contributed by atoms with Crippen molar-refractivity contribution in [1.29, 1.82) is 0 Å². The van der Waals surface area contributed by atoms with E-state index in [4.69, 9.17) is 10.5 Å². The molecule has 2 N–H and O–H groups in total. The predicted molar refractivity (Wildman–Crippen MR) is 75.2 cm³/mol. The van der Waals surface area contributed by atoms with Gasteiger partial charge in [-0.15, -0.1) is 0 Å². The van der Waals surface area contributed by atoms with E-state index < -0.39 is 0 Å². The maximum Gasteiger partial charge on any atom is 0.254 e. The molecule has 4 nitrogen and oxygen atoms in total. The minimum atomic E-state index is -0.0570. The molecule has 0 radical (unpaired) electrons. The summed E-state index contributed by atoms with van der Waals surface area (Å²) in [6, 6.07) is 5.92. The zero-order valence-electron chi connectivity index (χ0n) is 11.8. The lowest BCUT2D eigenvalue weighted by atomic mass is 10.0. The number of hydrogen-bond acceptors (Lipinski definition) is 3. The fourth-order valence-electron chi connectivity index (χ4n) is 2.57. The highest BCUT2D eigenvalue weighted by atomic mass is 16.5. The number of hydrogen-bond donors (Lipinski definition) is 1. The average molecular weight is 262 g/mol. The van der Waals surface area contributed by atoms with Crippen molar-refractivity contribution < 1.29 is 9.53 Å². The van der Waals surface area contributed by atoms with Gasteiger partial charge in [-0.25, -0.2) is 0 Å². The number of nitrogens with two attached hydrogens (primary N) is 1. The van der Waals surface area contributed by atoms with Crippen LogP contribution in [0.5, 0.6) is 0 Å². The predicted octanol–water partition coefficient (Wildman–Crippen LogP) is 1.49. The number of carbonyl (C=O) groups excluding carboxylic acids is 1. The third-order valence-electron chi connectivity index (χ3n) is 3.49. The zero-order valence-corrected chi connectivity index (χ0v) is 11.8. The van der Waals surface area contributed by atoms with E-state index in [2.05, 4.69) is 0 Å². The Morgan fingerprint density at radius 2 is 2.16 bits per heavy atom. The minimum absolute atomic E-state index is 0.0389. The van der Waals surface area contributed by atoms with Gasteiger partial charge in [0.05, 0.1) is 12.2 Å². The number of rotatable bonds is 2. The lowest BCUT2D eigenvalue weighted by Gasteiger charge is -2.36. The Kier molecular flexibility index (Phi) is 4.22. The Balaban J connectivity index is 2.18. The molecule has 4 heteroatoms. The molecule has 1 heterocycles. The molecule has 2 unspecified atom stereocenters. The van der Waals surface area contributed by atoms with Crippen molar-refractivity contribution in [2.75, 3.05) is 19.6 Å². The van der Waals surface area contributed by atoms with Crippen LogP contribution in [0.3, 0.4) is 0 Å². The number of amides is 1. The largest absolute Gasteiger partial charge is 0.370 e. The molecule has 0 aromatic heterocycles. The van der Waals surface area contributed by atoms with E-state index in [1.807, 2.05) is 43.9 Å². The van der Waals surface area contributed by atoms with Crippen molar-refractivity contribution in [1.82, 2.24) is 4.90 Å². The van der Waals surface area contributed by atoms with E-state index in [-0.39, 0.29) is 18.1 Å². The molecule has 1 aliphatic rings. The standard InChI is InChI=1S/C15H22N2O2/c1-10-4-5-14(11(2)6-10)15(18)17-8-12(3)19-13(7-16)9-17/h4-6,12-13H,7-9,16H2,1-3H3. The Labute approximate surface area is 114 Å². The average Bonchev–Trinajstić information content (AvgIpc) is 2.37. The Bertz CT molecular complexity index is 473. The van der Waals surface area contributed by atoms with E-state index in [1.54, 1.807) is 0 Å². The molecule has 1 saturated heterocycles. The molecule has 0 aliphatic carbocycles. The molecule has 1 aromatic carbocycles. The number of aryl methyl sites for hydroxylation is 2. The van der Waals surface area contributed by atoms with Crippen LogP contribution in [0.4, 0.5) is 0 Å². The van der Waals surface area contributed by atoms with Crippen LogP contribution in [-0.2, 0) is 4.74 Å². The zero-order chi connectivity index (χ0) is 14.0. The van der Waals surface area contributed by atoms with Crippen molar-refractivity contribution in [2.24, 2.45) is 5.73 Å². The van der Waals surface area contributed by atoms with E-state index in [0.717, 1.165) is 11.1 Å². The van der Waals surface area contributed by atoms with E-state index in [9.17, 15) is 4.79 Å². The van der Waals surface area contributed by atoms with Crippen molar-refractivity contribution >= 4 is 5.91 Å². The summed E-state index contributed by atoms with van der Waals surface area (Å²) in [7, 11) is 0. The first kappa shape index (κ1) is 14.0. The fraction of sp³-hybridized carbons (Fsp3) is 0.533. The monoisotopic (exact) mass is 262 g/mol. The van der Waals surface area contributed by atoms with Crippen LogP contribution >= 0.6 is 0 Å². The van der Waals surface area contributed by atoms with Gasteiger partial charge in [0.2, 0.25) is 0 Å². The summed E-state index contributed by atoms with van der Waals surface area (Å²) in [6.45, 7) is 7.63. The first-order chi connectivity index (χ1) is 9.01. The van der Waals surface area contributed by atoms with E-state index in [0.29, 0.717) is 19.6 Å². The van der Waals surface area contributed by atoms with Gasteiger partial charge in [0.25, 0.3) is 5.91 Å². The quantitative estimate of drug-likeness (QED) is 0.878. The van der Waals surface area contributed by atoms with Gasteiger partial charge in [0, 0.05) is 25.2 Å². The van der Waals surface area contributed by atoms with Crippen LogP contribution in [0, 0.1) is 13.8 Å². The highest BCUT2D eigenvalue weighted by Gasteiger charge is 2.28. The van der Waals surface area contributed by atoms with Gasteiger partial charge in [-0.3, -0.25) is 4.79 Å². The van der Waals surface area contributed by atoms with Gasteiger partial charge < -0.3 is 15.4 Å². The lowest BCUT2D eigenvalue weighted by Crippen LogP contribution is -2.51. The smallest absolute Gasteiger partial charge is 0.254 e. The molecule has 1 aromatic rings. The fourth-order valence-corrected chi connectivity index (χ4v) is 2.57. The maximum atomic E-state index is 12.6. The van der Waals surface area contributed by atoms with Crippen LogP contribution in [0.1, 0.15) is 28.4 Å². The molecule has 0 saturated carbocycles. The van der Waals surface area contributed by atoms with Crippen LogP contribution in [0.15, 0.2) is 18.2 Å². The summed E-state index contributed by atoms with van der Waals surface area (Å²) < 4.78 is 5.68. The SMILES string of the molecule is Cc1ccc(C(=O)N2CC(C)OC(CN)C2)c(C)c1. The summed E-state index contributed by atoms with van der Waals surface area (Å²) in [5.41, 5.74) is 8.62. The van der Waals surface area contributed by atoms with Crippen LogP contribution in [0.25, 0.3) is 0 Å². The van der Waals surface area contributed by atoms with Crippen LogP contribution in [0.2, 0.25) is 0 Å². The molecule has 2 rings (SSSR count). The first-order valence-corrected chi connectivity index (χ1v) is 6.73. The van der Waals surface area contributed by atoms with Gasteiger partial charge in [-0.2, -0.15) is 0 Å². The van der Waals surface area contributed by atoms with Crippen molar-refractivity contribution in [3.8, 4) is 0 Å². The number of morpholine rings is 1. The van der Waals surface area contributed by atoms with Gasteiger partial charge in [-0.05, 0) is 32.4 Å². The van der Waals surface area contributed by atoms with Crippen molar-refractivity contribution in [2.45, 2.75) is 33.0 Å². The maximum absolute atomic E-state index is 12.6. The van der Waals surface area contributed by atoms with E-state index >= 15 is 0 Å². The summed E-state index contributed by atoms with van der Waals surface area (Å²) in [6.07, 6.45) is -0.0181. The van der Waals surface area contributed by atoms with Crippen molar-refractivity contribution in [3.63, 3.8) is 0 Å². The summed E-state index contributed by atoms with van der Waals surface area (Å²) in [4.78, 5) is 14.4. The molecule has 0 spiro atoms. The molecule has 1 fully saturated rings. The third-order valence-corrected chi connectivity index (χ3v) is 3.49. The molecule has 1 aliphatic heterocycles. The summed E-state index contributed by atoms with van der Waals surface area (Å²) >= 11 is 0. The first-order valence-electron chi connectivity index (χ1n) is 6.73.